The summed E-state index contributed by atoms with van der Waals surface area (Å²) in [6.45, 7) is 0.156. The van der Waals surface area contributed by atoms with Crippen LogP contribution in [0, 0.1) is 5.82 Å². The van der Waals surface area contributed by atoms with E-state index in [0.29, 0.717) is 24.2 Å². The second-order valence-electron chi connectivity index (χ2n) is 5.95. The molecule has 0 atom stereocenters. The number of hydrogen-bond acceptors (Lipinski definition) is 4. The summed E-state index contributed by atoms with van der Waals surface area (Å²) in [6, 6.07) is 9.59. The zero-order chi connectivity index (χ0) is 17.0. The van der Waals surface area contributed by atoms with Crippen LogP contribution >= 0.6 is 0 Å². The number of anilines is 1. The van der Waals surface area contributed by atoms with Gasteiger partial charge in [-0.25, -0.2) is 4.39 Å². The molecule has 1 amide bonds. The molecule has 0 spiro atoms. The van der Waals surface area contributed by atoms with Gasteiger partial charge in [0.2, 0.25) is 0 Å². The highest BCUT2D eigenvalue weighted by Gasteiger charge is 2.38. The highest BCUT2D eigenvalue weighted by molar-refractivity contribution is 5.97. The van der Waals surface area contributed by atoms with E-state index in [4.69, 9.17) is 4.74 Å². The number of carbonyl (C=O) groups excluding carboxylic acids is 1. The van der Waals surface area contributed by atoms with Crippen molar-refractivity contribution in [3.63, 3.8) is 0 Å². The van der Waals surface area contributed by atoms with Gasteiger partial charge in [-0.15, -0.1) is 0 Å². The van der Waals surface area contributed by atoms with Gasteiger partial charge in [-0.2, -0.15) is 0 Å². The van der Waals surface area contributed by atoms with E-state index in [1.807, 2.05) is 6.07 Å². The molecular weight excluding hydrogens is 311 g/mol. The van der Waals surface area contributed by atoms with Gasteiger partial charge in [-0.3, -0.25) is 9.78 Å². The molecule has 5 nitrogen and oxygen atoms in total. The van der Waals surface area contributed by atoms with Crippen molar-refractivity contribution in [2.24, 2.45) is 0 Å². The zero-order valence-corrected chi connectivity index (χ0v) is 13.2. The number of amides is 1. The van der Waals surface area contributed by atoms with Crippen LogP contribution in [-0.4, -0.2) is 21.6 Å². The monoisotopic (exact) mass is 330 g/mol. The van der Waals surface area contributed by atoms with Gasteiger partial charge in [-0.1, -0.05) is 6.07 Å². The molecule has 1 heterocycles. The number of carbonyl (C=O) groups is 1. The molecule has 2 N–H and O–H groups in total. The Hall–Kier alpha value is -2.47. The molecule has 1 aromatic heterocycles. The summed E-state index contributed by atoms with van der Waals surface area (Å²) in [5, 5.41) is 12.8. The van der Waals surface area contributed by atoms with Crippen LogP contribution in [0.4, 0.5) is 10.1 Å². The molecule has 1 fully saturated rings. The molecule has 0 saturated heterocycles. The lowest BCUT2D eigenvalue weighted by atomic mass is 10.0. The average Bonchev–Trinajstić information content (AvgIpc) is 3.03. The van der Waals surface area contributed by atoms with E-state index in [1.165, 1.54) is 12.1 Å². The second-order valence-corrected chi connectivity index (χ2v) is 5.95. The van der Waals surface area contributed by atoms with Gasteiger partial charge in [0.05, 0.1) is 5.69 Å². The normalized spacial score (nSPS) is 15.9. The molecule has 24 heavy (non-hydrogen) atoms. The lowest BCUT2D eigenvalue weighted by Gasteiger charge is -2.21. The Labute approximate surface area is 139 Å². The predicted molar refractivity (Wildman–Crippen MR) is 87.0 cm³/mol. The summed E-state index contributed by atoms with van der Waals surface area (Å²) < 4.78 is 19.5. The number of nitrogens with one attached hydrogen (secondary N) is 1. The standard InChI is InChI=1S/C18H19FN2O3/c19-15-11-13(21-17(22)18(23)8-2-3-9-18)6-7-16(15)24-12-14-5-1-4-10-20-14/h1,4-7,10-11,23H,2-3,8-9,12H2,(H,21,22). The van der Waals surface area contributed by atoms with Crippen molar-refractivity contribution in [3.8, 4) is 5.75 Å². The first-order chi connectivity index (χ1) is 11.6. The summed E-state index contributed by atoms with van der Waals surface area (Å²) in [6.07, 6.45) is 4.15. The lowest BCUT2D eigenvalue weighted by Crippen LogP contribution is -2.40. The topological polar surface area (TPSA) is 71.5 Å². The maximum Gasteiger partial charge on any atom is 0.256 e. The van der Waals surface area contributed by atoms with Gasteiger partial charge in [-0.05, 0) is 49.9 Å². The average molecular weight is 330 g/mol. The number of pyridine rings is 1. The van der Waals surface area contributed by atoms with E-state index in [1.54, 1.807) is 24.4 Å². The molecule has 1 saturated carbocycles. The molecule has 3 rings (SSSR count). The van der Waals surface area contributed by atoms with Gasteiger partial charge in [0, 0.05) is 18.0 Å². The Balaban J connectivity index is 1.63. The van der Waals surface area contributed by atoms with Crippen LogP contribution in [0.3, 0.4) is 0 Å². The van der Waals surface area contributed by atoms with Crippen molar-refractivity contribution >= 4 is 11.6 Å². The van der Waals surface area contributed by atoms with Gasteiger partial charge in [0.25, 0.3) is 5.91 Å². The molecule has 1 aliphatic carbocycles. The van der Waals surface area contributed by atoms with E-state index < -0.39 is 17.3 Å². The number of benzene rings is 1. The molecule has 1 aliphatic rings. The first-order valence-corrected chi connectivity index (χ1v) is 7.93. The van der Waals surface area contributed by atoms with Gasteiger partial charge < -0.3 is 15.2 Å². The van der Waals surface area contributed by atoms with E-state index in [9.17, 15) is 14.3 Å². The van der Waals surface area contributed by atoms with Crippen LogP contribution in [0.5, 0.6) is 5.75 Å². The van der Waals surface area contributed by atoms with Crippen molar-refractivity contribution in [3.05, 3.63) is 54.1 Å². The molecule has 0 bridgehead atoms. The third-order valence-electron chi connectivity index (χ3n) is 4.14. The summed E-state index contributed by atoms with van der Waals surface area (Å²) >= 11 is 0. The van der Waals surface area contributed by atoms with Crippen LogP contribution in [0.2, 0.25) is 0 Å². The largest absolute Gasteiger partial charge is 0.484 e. The van der Waals surface area contributed by atoms with Crippen LogP contribution in [0.25, 0.3) is 0 Å². The Morgan fingerprint density at radius 3 is 2.75 bits per heavy atom. The quantitative estimate of drug-likeness (QED) is 0.884. The number of hydrogen-bond donors (Lipinski definition) is 2. The fourth-order valence-corrected chi connectivity index (χ4v) is 2.77. The number of aromatic nitrogens is 1. The SMILES string of the molecule is O=C(Nc1ccc(OCc2ccccn2)c(F)c1)C1(O)CCCC1. The molecular formula is C18H19FN2O3. The molecule has 0 aliphatic heterocycles. The van der Waals surface area contributed by atoms with Crippen LogP contribution < -0.4 is 10.1 Å². The minimum absolute atomic E-state index is 0.0817. The van der Waals surface area contributed by atoms with Crippen molar-refractivity contribution in [2.45, 2.75) is 37.9 Å². The van der Waals surface area contributed by atoms with Crippen molar-refractivity contribution in [1.82, 2.24) is 4.98 Å². The van der Waals surface area contributed by atoms with Crippen molar-refractivity contribution in [2.75, 3.05) is 5.32 Å². The summed E-state index contributed by atoms with van der Waals surface area (Å²) in [7, 11) is 0. The molecule has 2 aromatic rings. The fraction of sp³-hybridized carbons (Fsp3) is 0.333. The Kier molecular flexibility index (Phi) is 4.76. The number of aliphatic hydroxyl groups is 1. The third kappa shape index (κ3) is 3.71. The third-order valence-corrected chi connectivity index (χ3v) is 4.14. The number of ether oxygens (including phenoxy) is 1. The van der Waals surface area contributed by atoms with Crippen LogP contribution in [-0.2, 0) is 11.4 Å². The first-order valence-electron chi connectivity index (χ1n) is 7.93. The highest BCUT2D eigenvalue weighted by Crippen LogP contribution is 2.31. The van der Waals surface area contributed by atoms with E-state index in [-0.39, 0.29) is 12.4 Å². The minimum atomic E-state index is -1.34. The predicted octanol–water partition coefficient (Wildman–Crippen LogP) is 3.04. The van der Waals surface area contributed by atoms with Crippen molar-refractivity contribution < 1.29 is 19.0 Å². The van der Waals surface area contributed by atoms with Crippen molar-refractivity contribution in [1.29, 1.82) is 0 Å². The first kappa shape index (κ1) is 16.4. The minimum Gasteiger partial charge on any atom is -0.484 e. The molecule has 126 valence electrons. The maximum absolute atomic E-state index is 14.1. The Morgan fingerprint density at radius 1 is 1.29 bits per heavy atom. The number of nitrogens with zero attached hydrogens (tertiary/aromatic N) is 1. The summed E-state index contributed by atoms with van der Waals surface area (Å²) in [5.41, 5.74) is -0.356. The van der Waals surface area contributed by atoms with Crippen LogP contribution in [0.15, 0.2) is 42.6 Å². The van der Waals surface area contributed by atoms with E-state index in [2.05, 4.69) is 10.3 Å². The van der Waals surface area contributed by atoms with Gasteiger partial charge in [0.1, 0.15) is 12.2 Å². The molecule has 0 radical (unpaired) electrons. The Morgan fingerprint density at radius 2 is 2.08 bits per heavy atom. The highest BCUT2D eigenvalue weighted by atomic mass is 19.1. The summed E-state index contributed by atoms with van der Waals surface area (Å²) in [5.74, 6) is -0.984. The van der Waals surface area contributed by atoms with Gasteiger partial charge >= 0.3 is 0 Å². The van der Waals surface area contributed by atoms with Gasteiger partial charge in [0.15, 0.2) is 11.6 Å². The lowest BCUT2D eigenvalue weighted by molar-refractivity contribution is -0.133. The zero-order valence-electron chi connectivity index (χ0n) is 13.2. The van der Waals surface area contributed by atoms with E-state index >= 15 is 0 Å². The van der Waals surface area contributed by atoms with E-state index in [0.717, 1.165) is 12.8 Å². The maximum atomic E-state index is 14.1. The smallest absolute Gasteiger partial charge is 0.256 e. The van der Waals surface area contributed by atoms with Crippen LogP contribution in [0.1, 0.15) is 31.4 Å². The fourth-order valence-electron chi connectivity index (χ4n) is 2.77. The Bertz CT molecular complexity index is 715. The number of rotatable bonds is 5. The molecule has 6 heteroatoms. The molecule has 1 aromatic carbocycles. The second kappa shape index (κ2) is 6.97. The molecule has 0 unspecified atom stereocenters. The summed E-state index contributed by atoms with van der Waals surface area (Å²) in [4.78, 5) is 16.2. The number of halogens is 1.